The van der Waals surface area contributed by atoms with Crippen LogP contribution in [0.4, 0.5) is 0 Å². The first-order chi connectivity index (χ1) is 8.36. The molecule has 0 bridgehead atoms. The Balaban J connectivity index is 3.33. The van der Waals surface area contributed by atoms with Gasteiger partial charge in [-0.3, -0.25) is 14.3 Å². The van der Waals surface area contributed by atoms with Crippen molar-refractivity contribution in [3.8, 4) is 6.07 Å². The van der Waals surface area contributed by atoms with Crippen LogP contribution in [0.15, 0.2) is 15.8 Å². The predicted molar refractivity (Wildman–Crippen MR) is 68.5 cm³/mol. The van der Waals surface area contributed by atoms with Crippen LogP contribution in [0.3, 0.4) is 0 Å². The number of aromatic amines is 1. The van der Waals surface area contributed by atoms with Crippen LogP contribution in [0.1, 0.15) is 25.5 Å². The zero-order valence-electron chi connectivity index (χ0n) is 11.1. The van der Waals surface area contributed by atoms with Gasteiger partial charge in [0.15, 0.2) is 0 Å². The number of aromatic nitrogens is 2. The van der Waals surface area contributed by atoms with Crippen molar-refractivity contribution in [2.75, 3.05) is 20.6 Å². The maximum atomic E-state index is 11.8. The number of nitrogens with one attached hydrogen (secondary N) is 1. The molecule has 98 valence electrons. The molecule has 0 spiro atoms. The summed E-state index contributed by atoms with van der Waals surface area (Å²) in [6.45, 7) is 4.66. The monoisotopic (exact) mass is 250 g/mol. The summed E-state index contributed by atoms with van der Waals surface area (Å²) in [5.74, 6) is 0.211. The highest BCUT2D eigenvalue weighted by Crippen LogP contribution is 2.16. The van der Waals surface area contributed by atoms with Crippen LogP contribution < -0.4 is 11.2 Å². The van der Waals surface area contributed by atoms with Gasteiger partial charge in [-0.1, -0.05) is 13.8 Å². The lowest BCUT2D eigenvalue weighted by Gasteiger charge is -2.26. The molecule has 6 nitrogen and oxygen atoms in total. The second kappa shape index (κ2) is 5.65. The van der Waals surface area contributed by atoms with Crippen LogP contribution in [0.2, 0.25) is 0 Å². The summed E-state index contributed by atoms with van der Waals surface area (Å²) < 4.78 is 1.44. The van der Waals surface area contributed by atoms with Crippen molar-refractivity contribution in [1.29, 1.82) is 5.26 Å². The van der Waals surface area contributed by atoms with Crippen molar-refractivity contribution in [3.63, 3.8) is 0 Å². The number of nitriles is 1. The minimum Gasteiger partial charge on any atom is -0.307 e. The molecule has 1 rings (SSSR count). The van der Waals surface area contributed by atoms with E-state index >= 15 is 0 Å². The van der Waals surface area contributed by atoms with Gasteiger partial charge in [0.2, 0.25) is 0 Å². The minimum atomic E-state index is -0.633. The second-order valence-electron chi connectivity index (χ2n) is 4.89. The lowest BCUT2D eigenvalue weighted by molar-refractivity contribution is 0.262. The van der Waals surface area contributed by atoms with E-state index in [9.17, 15) is 9.59 Å². The van der Waals surface area contributed by atoms with Gasteiger partial charge in [0, 0.05) is 12.7 Å². The van der Waals surface area contributed by atoms with Crippen LogP contribution in [0, 0.1) is 17.2 Å². The van der Waals surface area contributed by atoms with E-state index in [0.717, 1.165) is 0 Å². The van der Waals surface area contributed by atoms with Crippen molar-refractivity contribution >= 4 is 0 Å². The fraction of sp³-hybridized carbons (Fsp3) is 0.583. The Morgan fingerprint density at radius 1 is 1.44 bits per heavy atom. The van der Waals surface area contributed by atoms with E-state index in [4.69, 9.17) is 5.26 Å². The SMILES string of the molecule is CC(C)C(CN(C)C)n1cc(C#N)c(=O)[nH]c1=O. The van der Waals surface area contributed by atoms with Crippen LogP contribution >= 0.6 is 0 Å². The number of hydrogen-bond donors (Lipinski definition) is 1. The fourth-order valence-corrected chi connectivity index (χ4v) is 1.81. The Kier molecular flexibility index (Phi) is 4.45. The number of H-pyrrole nitrogens is 1. The summed E-state index contributed by atoms with van der Waals surface area (Å²) >= 11 is 0. The molecule has 1 unspecified atom stereocenters. The maximum Gasteiger partial charge on any atom is 0.328 e. The van der Waals surface area contributed by atoms with Crippen LogP contribution in [0.5, 0.6) is 0 Å². The number of nitrogens with zero attached hydrogens (tertiary/aromatic N) is 3. The smallest absolute Gasteiger partial charge is 0.307 e. The van der Waals surface area contributed by atoms with E-state index in [-0.39, 0.29) is 17.5 Å². The summed E-state index contributed by atoms with van der Waals surface area (Å²) in [7, 11) is 3.83. The third-order valence-electron chi connectivity index (χ3n) is 2.77. The van der Waals surface area contributed by atoms with E-state index < -0.39 is 11.2 Å². The molecule has 1 N–H and O–H groups in total. The molecular weight excluding hydrogens is 232 g/mol. The number of hydrogen-bond acceptors (Lipinski definition) is 4. The summed E-state index contributed by atoms with van der Waals surface area (Å²) in [5.41, 5.74) is -1.15. The van der Waals surface area contributed by atoms with E-state index in [0.29, 0.717) is 6.54 Å². The van der Waals surface area contributed by atoms with Crippen LogP contribution in [0.25, 0.3) is 0 Å². The van der Waals surface area contributed by atoms with Gasteiger partial charge in [0.1, 0.15) is 11.6 Å². The molecule has 18 heavy (non-hydrogen) atoms. The van der Waals surface area contributed by atoms with E-state index in [1.165, 1.54) is 10.8 Å². The summed E-state index contributed by atoms with van der Waals surface area (Å²) in [5, 5.41) is 8.84. The second-order valence-corrected chi connectivity index (χ2v) is 4.89. The topological polar surface area (TPSA) is 81.9 Å². The van der Waals surface area contributed by atoms with Gasteiger partial charge in [0.25, 0.3) is 5.56 Å². The normalized spacial score (nSPS) is 12.7. The number of likely N-dealkylation sites (N-methyl/N-ethyl adjacent to an activating group) is 1. The van der Waals surface area contributed by atoms with Gasteiger partial charge < -0.3 is 4.90 Å². The Labute approximate surface area is 105 Å². The zero-order valence-corrected chi connectivity index (χ0v) is 11.1. The first-order valence-electron chi connectivity index (χ1n) is 5.77. The third kappa shape index (κ3) is 3.08. The largest absolute Gasteiger partial charge is 0.328 e. The standard InChI is InChI=1S/C12H18N4O2/c1-8(2)10(7-15(3)4)16-6-9(5-13)11(17)14-12(16)18/h6,8,10H,7H2,1-4H3,(H,14,17,18). The molecule has 6 heteroatoms. The molecule has 1 atom stereocenters. The number of rotatable bonds is 4. The predicted octanol–water partition coefficient (Wildman–Crippen LogP) is 0.167. The average molecular weight is 250 g/mol. The van der Waals surface area contributed by atoms with Gasteiger partial charge in [-0.15, -0.1) is 0 Å². The van der Waals surface area contributed by atoms with E-state index in [2.05, 4.69) is 4.98 Å². The lowest BCUT2D eigenvalue weighted by atomic mass is 10.0. The highest BCUT2D eigenvalue weighted by molar-refractivity contribution is 5.22. The van der Waals surface area contributed by atoms with Crippen molar-refractivity contribution < 1.29 is 0 Å². The molecule has 0 aliphatic carbocycles. The molecule has 1 aromatic rings. The van der Waals surface area contributed by atoms with E-state index in [1.807, 2.05) is 32.8 Å². The van der Waals surface area contributed by atoms with Gasteiger partial charge >= 0.3 is 5.69 Å². The molecule has 0 saturated heterocycles. The fourth-order valence-electron chi connectivity index (χ4n) is 1.81. The average Bonchev–Trinajstić information content (AvgIpc) is 2.26. The van der Waals surface area contributed by atoms with Gasteiger partial charge in [0.05, 0.1) is 6.04 Å². The maximum absolute atomic E-state index is 11.8. The van der Waals surface area contributed by atoms with Gasteiger partial charge in [-0.25, -0.2) is 4.79 Å². The first-order valence-corrected chi connectivity index (χ1v) is 5.77. The van der Waals surface area contributed by atoms with Crippen LogP contribution in [-0.2, 0) is 0 Å². The first kappa shape index (κ1) is 14.2. The van der Waals surface area contributed by atoms with Crippen molar-refractivity contribution in [1.82, 2.24) is 14.5 Å². The molecule has 0 amide bonds. The highest BCUT2D eigenvalue weighted by atomic mass is 16.2. The molecule has 0 aliphatic rings. The zero-order chi connectivity index (χ0) is 13.9. The van der Waals surface area contributed by atoms with Crippen LogP contribution in [-0.4, -0.2) is 35.1 Å². The Hall–Kier alpha value is -1.87. The molecule has 0 fully saturated rings. The molecule has 0 saturated carbocycles. The lowest BCUT2D eigenvalue weighted by Crippen LogP contribution is -2.39. The molecular formula is C12H18N4O2. The van der Waals surface area contributed by atoms with Crippen molar-refractivity contribution in [2.45, 2.75) is 19.9 Å². The van der Waals surface area contributed by atoms with Crippen molar-refractivity contribution in [2.24, 2.45) is 5.92 Å². The van der Waals surface area contributed by atoms with Crippen molar-refractivity contribution in [3.05, 3.63) is 32.6 Å². The molecule has 1 heterocycles. The quantitative estimate of drug-likeness (QED) is 0.825. The van der Waals surface area contributed by atoms with Gasteiger partial charge in [-0.2, -0.15) is 5.26 Å². The molecule has 0 aliphatic heterocycles. The molecule has 0 aromatic carbocycles. The molecule has 1 aromatic heterocycles. The van der Waals surface area contributed by atoms with Gasteiger partial charge in [-0.05, 0) is 20.0 Å². The Morgan fingerprint density at radius 2 is 2.06 bits per heavy atom. The third-order valence-corrected chi connectivity index (χ3v) is 2.77. The summed E-state index contributed by atoms with van der Waals surface area (Å²) in [6, 6.07) is 1.71. The Bertz CT molecular complexity index is 563. The molecule has 0 radical (unpaired) electrons. The highest BCUT2D eigenvalue weighted by Gasteiger charge is 2.19. The van der Waals surface area contributed by atoms with E-state index in [1.54, 1.807) is 6.07 Å². The summed E-state index contributed by atoms with van der Waals surface area (Å²) in [6.07, 6.45) is 1.34. The minimum absolute atomic E-state index is 0.0426. The Morgan fingerprint density at radius 3 is 2.50 bits per heavy atom. The summed E-state index contributed by atoms with van der Waals surface area (Å²) in [4.78, 5) is 27.3.